The summed E-state index contributed by atoms with van der Waals surface area (Å²) in [6, 6.07) is 15.2. The number of nitrogens with two attached hydrogens (primary N) is 1. The summed E-state index contributed by atoms with van der Waals surface area (Å²) in [4.78, 5) is 12.2. The molecular formula is C16H15ClN2O. The molecule has 3 nitrogen and oxygen atoms in total. The molecule has 2 aromatic rings. The number of rotatable bonds is 3. The van der Waals surface area contributed by atoms with Crippen molar-refractivity contribution in [2.45, 2.75) is 12.0 Å². The van der Waals surface area contributed by atoms with E-state index in [1.54, 1.807) is 0 Å². The molecule has 4 heteroatoms. The van der Waals surface area contributed by atoms with Gasteiger partial charge in [0.1, 0.15) is 0 Å². The van der Waals surface area contributed by atoms with Crippen molar-refractivity contribution in [3.63, 3.8) is 0 Å². The maximum absolute atomic E-state index is 12.2. The topological polar surface area (TPSA) is 55.1 Å². The zero-order valence-electron chi connectivity index (χ0n) is 10.9. The van der Waals surface area contributed by atoms with Crippen LogP contribution < -0.4 is 11.1 Å². The van der Waals surface area contributed by atoms with Gasteiger partial charge in [0, 0.05) is 10.6 Å². The first-order valence-electron chi connectivity index (χ1n) is 6.55. The highest BCUT2D eigenvalue weighted by molar-refractivity contribution is 6.30. The molecule has 0 fully saturated rings. The fourth-order valence-electron chi connectivity index (χ4n) is 2.90. The van der Waals surface area contributed by atoms with Gasteiger partial charge in [-0.15, -0.1) is 0 Å². The van der Waals surface area contributed by atoms with Gasteiger partial charge in [-0.1, -0.05) is 41.9 Å². The normalized spacial score (nSPS) is 20.6. The lowest BCUT2D eigenvalue weighted by atomic mass is 9.81. The molecule has 0 aromatic heterocycles. The van der Waals surface area contributed by atoms with Gasteiger partial charge in [-0.05, 0) is 42.3 Å². The second kappa shape index (κ2) is 4.93. The predicted molar refractivity (Wildman–Crippen MR) is 79.8 cm³/mol. The Kier molecular flexibility index (Phi) is 3.24. The summed E-state index contributed by atoms with van der Waals surface area (Å²) in [5.41, 5.74) is 7.95. The van der Waals surface area contributed by atoms with E-state index in [0.29, 0.717) is 18.0 Å². The van der Waals surface area contributed by atoms with Gasteiger partial charge in [-0.25, -0.2) is 0 Å². The standard InChI is InChI=1S/C16H15ClN2O/c17-12-7-5-11(6-8-12)16(9-10-18)14-4-2-1-3-13(14)15(20)19-16/h1-8H,9-10,18H2,(H,19,20). The number of halogens is 1. The summed E-state index contributed by atoms with van der Waals surface area (Å²) in [6.45, 7) is 0.483. The third kappa shape index (κ3) is 1.90. The minimum Gasteiger partial charge on any atom is -0.338 e. The molecule has 20 heavy (non-hydrogen) atoms. The summed E-state index contributed by atoms with van der Waals surface area (Å²) >= 11 is 5.96. The van der Waals surface area contributed by atoms with Crippen LogP contribution in [0.25, 0.3) is 0 Å². The van der Waals surface area contributed by atoms with Crippen molar-refractivity contribution < 1.29 is 4.79 Å². The van der Waals surface area contributed by atoms with Crippen LogP contribution in [0.3, 0.4) is 0 Å². The van der Waals surface area contributed by atoms with E-state index in [9.17, 15) is 4.79 Å². The number of fused-ring (bicyclic) bond motifs is 1. The molecule has 1 aliphatic rings. The fraction of sp³-hybridized carbons (Fsp3) is 0.188. The summed E-state index contributed by atoms with van der Waals surface area (Å²) < 4.78 is 0. The first-order valence-corrected chi connectivity index (χ1v) is 6.93. The number of amides is 1. The lowest BCUT2D eigenvalue weighted by Gasteiger charge is -2.31. The average molecular weight is 287 g/mol. The SMILES string of the molecule is NCCC1(c2ccc(Cl)cc2)NC(=O)c2ccccc21. The van der Waals surface area contributed by atoms with Gasteiger partial charge in [0.05, 0.1) is 5.54 Å². The molecule has 0 bridgehead atoms. The highest BCUT2D eigenvalue weighted by atomic mass is 35.5. The lowest BCUT2D eigenvalue weighted by Crippen LogP contribution is -2.42. The van der Waals surface area contributed by atoms with Crippen molar-refractivity contribution >= 4 is 17.5 Å². The Hall–Kier alpha value is -1.84. The Morgan fingerprint density at radius 3 is 2.50 bits per heavy atom. The van der Waals surface area contributed by atoms with Gasteiger partial charge in [-0.2, -0.15) is 0 Å². The lowest BCUT2D eigenvalue weighted by molar-refractivity contribution is 0.0938. The maximum atomic E-state index is 12.2. The van der Waals surface area contributed by atoms with E-state index in [1.807, 2.05) is 48.5 Å². The van der Waals surface area contributed by atoms with E-state index in [4.69, 9.17) is 17.3 Å². The number of carbonyl (C=O) groups excluding carboxylic acids is 1. The number of hydrogen-bond acceptors (Lipinski definition) is 2. The minimum atomic E-state index is -0.549. The Morgan fingerprint density at radius 2 is 1.80 bits per heavy atom. The second-order valence-electron chi connectivity index (χ2n) is 4.95. The van der Waals surface area contributed by atoms with Gasteiger partial charge in [0.15, 0.2) is 0 Å². The van der Waals surface area contributed by atoms with Crippen molar-refractivity contribution in [1.82, 2.24) is 5.32 Å². The van der Waals surface area contributed by atoms with Gasteiger partial charge in [-0.3, -0.25) is 4.79 Å². The van der Waals surface area contributed by atoms with E-state index in [2.05, 4.69) is 5.32 Å². The van der Waals surface area contributed by atoms with Crippen molar-refractivity contribution in [3.05, 3.63) is 70.2 Å². The number of benzene rings is 2. The molecule has 102 valence electrons. The first kappa shape index (κ1) is 13.2. The van der Waals surface area contributed by atoms with Crippen LogP contribution in [0.4, 0.5) is 0 Å². The van der Waals surface area contributed by atoms with E-state index in [-0.39, 0.29) is 5.91 Å². The number of carbonyl (C=O) groups is 1. The first-order chi connectivity index (χ1) is 9.67. The Balaban J connectivity index is 2.20. The van der Waals surface area contributed by atoms with Crippen LogP contribution in [0.1, 0.15) is 27.9 Å². The molecular weight excluding hydrogens is 272 g/mol. The van der Waals surface area contributed by atoms with Gasteiger partial charge in [0.25, 0.3) is 5.91 Å². The van der Waals surface area contributed by atoms with E-state index in [0.717, 1.165) is 16.7 Å². The molecule has 0 radical (unpaired) electrons. The largest absolute Gasteiger partial charge is 0.338 e. The third-order valence-corrected chi connectivity index (χ3v) is 4.07. The van der Waals surface area contributed by atoms with E-state index in [1.165, 1.54) is 0 Å². The van der Waals surface area contributed by atoms with E-state index < -0.39 is 5.54 Å². The highest BCUT2D eigenvalue weighted by Crippen LogP contribution is 2.39. The van der Waals surface area contributed by atoms with Crippen LogP contribution in [0.15, 0.2) is 48.5 Å². The summed E-state index contributed by atoms with van der Waals surface area (Å²) in [6.07, 6.45) is 0.650. The smallest absolute Gasteiger partial charge is 0.252 e. The van der Waals surface area contributed by atoms with Crippen LogP contribution in [0.2, 0.25) is 5.02 Å². The van der Waals surface area contributed by atoms with Crippen LogP contribution in [-0.2, 0) is 5.54 Å². The molecule has 2 aromatic carbocycles. The molecule has 3 rings (SSSR count). The van der Waals surface area contributed by atoms with Crippen LogP contribution in [0, 0.1) is 0 Å². The Labute approximate surface area is 122 Å². The molecule has 1 atom stereocenters. The minimum absolute atomic E-state index is 0.0519. The summed E-state index contributed by atoms with van der Waals surface area (Å²) in [7, 11) is 0. The molecule has 0 saturated heterocycles. The highest BCUT2D eigenvalue weighted by Gasteiger charge is 2.43. The Morgan fingerprint density at radius 1 is 1.10 bits per heavy atom. The molecule has 1 amide bonds. The van der Waals surface area contributed by atoms with Crippen molar-refractivity contribution in [2.75, 3.05) is 6.54 Å². The van der Waals surface area contributed by atoms with Gasteiger partial charge in [0.2, 0.25) is 0 Å². The fourth-order valence-corrected chi connectivity index (χ4v) is 3.03. The van der Waals surface area contributed by atoms with Gasteiger partial charge < -0.3 is 11.1 Å². The molecule has 1 heterocycles. The third-order valence-electron chi connectivity index (χ3n) is 3.81. The molecule has 3 N–H and O–H groups in total. The molecule has 0 spiro atoms. The van der Waals surface area contributed by atoms with Crippen molar-refractivity contribution in [3.8, 4) is 0 Å². The predicted octanol–water partition coefficient (Wildman–Crippen LogP) is 2.68. The maximum Gasteiger partial charge on any atom is 0.252 e. The van der Waals surface area contributed by atoms with E-state index >= 15 is 0 Å². The van der Waals surface area contributed by atoms with Crippen molar-refractivity contribution in [2.24, 2.45) is 5.73 Å². The molecule has 0 saturated carbocycles. The van der Waals surface area contributed by atoms with Crippen molar-refractivity contribution in [1.29, 1.82) is 0 Å². The number of nitrogens with one attached hydrogen (secondary N) is 1. The Bertz CT molecular complexity index is 654. The number of hydrogen-bond donors (Lipinski definition) is 2. The van der Waals surface area contributed by atoms with Crippen LogP contribution in [0.5, 0.6) is 0 Å². The molecule has 1 aliphatic heterocycles. The van der Waals surface area contributed by atoms with Crippen LogP contribution in [-0.4, -0.2) is 12.5 Å². The second-order valence-corrected chi connectivity index (χ2v) is 5.39. The summed E-state index contributed by atoms with van der Waals surface area (Å²) in [5, 5.41) is 3.78. The monoisotopic (exact) mass is 286 g/mol. The quantitative estimate of drug-likeness (QED) is 0.911. The van der Waals surface area contributed by atoms with Crippen LogP contribution >= 0.6 is 11.6 Å². The average Bonchev–Trinajstić information content (AvgIpc) is 2.75. The molecule has 1 unspecified atom stereocenters. The zero-order chi connectivity index (χ0) is 14.2. The van der Waals surface area contributed by atoms with Gasteiger partial charge >= 0.3 is 0 Å². The molecule has 0 aliphatic carbocycles. The summed E-state index contributed by atoms with van der Waals surface area (Å²) in [5.74, 6) is -0.0519. The zero-order valence-corrected chi connectivity index (χ0v) is 11.7.